The van der Waals surface area contributed by atoms with Crippen LogP contribution in [0.15, 0.2) is 28.9 Å². The van der Waals surface area contributed by atoms with Gasteiger partial charge in [0.2, 0.25) is 0 Å². The Morgan fingerprint density at radius 1 is 1.24 bits per heavy atom. The van der Waals surface area contributed by atoms with Gasteiger partial charge in [-0.25, -0.2) is 9.97 Å². The third-order valence-corrected chi connectivity index (χ3v) is 3.14. The summed E-state index contributed by atoms with van der Waals surface area (Å²) in [6, 6.07) is 5.37. The molecule has 3 heterocycles. The second-order valence-electron chi connectivity index (χ2n) is 4.93. The molecule has 0 spiro atoms. The Morgan fingerprint density at radius 2 is 2.05 bits per heavy atom. The standard InChI is InChI=1S/C15H14N4O2/c1-8-4-5-12(16-7-8)18-14(20)11-6-9(2)17-15-13(11)10(3)19-21-15/h4-7H,1-3H3,(H,16,18,20). The molecule has 21 heavy (non-hydrogen) atoms. The van der Waals surface area contributed by atoms with Crippen LogP contribution in [0.3, 0.4) is 0 Å². The van der Waals surface area contributed by atoms with Gasteiger partial charge in [-0.1, -0.05) is 11.2 Å². The molecule has 0 saturated carbocycles. The van der Waals surface area contributed by atoms with Gasteiger partial charge >= 0.3 is 0 Å². The maximum absolute atomic E-state index is 12.5. The van der Waals surface area contributed by atoms with E-state index in [0.717, 1.165) is 5.56 Å². The van der Waals surface area contributed by atoms with Crippen molar-refractivity contribution >= 4 is 22.8 Å². The van der Waals surface area contributed by atoms with Crippen molar-refractivity contribution < 1.29 is 9.32 Å². The fourth-order valence-corrected chi connectivity index (χ4v) is 2.12. The van der Waals surface area contributed by atoms with E-state index in [1.54, 1.807) is 32.2 Å². The number of carbonyl (C=O) groups excluding carboxylic acids is 1. The minimum atomic E-state index is -0.256. The van der Waals surface area contributed by atoms with Crippen LogP contribution in [0, 0.1) is 20.8 Å². The minimum Gasteiger partial charge on any atom is -0.336 e. The van der Waals surface area contributed by atoms with Crippen molar-refractivity contribution in [3.63, 3.8) is 0 Å². The van der Waals surface area contributed by atoms with Crippen LogP contribution in [-0.2, 0) is 0 Å². The van der Waals surface area contributed by atoms with Crippen LogP contribution in [0.2, 0.25) is 0 Å². The van der Waals surface area contributed by atoms with Crippen LogP contribution in [0.25, 0.3) is 11.1 Å². The first-order valence-electron chi connectivity index (χ1n) is 6.52. The highest BCUT2D eigenvalue weighted by atomic mass is 16.5. The Hall–Kier alpha value is -2.76. The largest absolute Gasteiger partial charge is 0.336 e. The molecule has 0 unspecified atom stereocenters. The molecule has 1 N–H and O–H groups in total. The van der Waals surface area contributed by atoms with Crippen LogP contribution in [-0.4, -0.2) is 21.0 Å². The lowest BCUT2D eigenvalue weighted by Crippen LogP contribution is -2.14. The summed E-state index contributed by atoms with van der Waals surface area (Å²) in [5.41, 5.74) is 3.22. The van der Waals surface area contributed by atoms with Crippen molar-refractivity contribution in [3.05, 3.63) is 46.9 Å². The van der Waals surface area contributed by atoms with E-state index < -0.39 is 0 Å². The lowest BCUT2D eigenvalue weighted by Gasteiger charge is -2.06. The molecule has 0 radical (unpaired) electrons. The number of fused-ring (bicyclic) bond motifs is 1. The highest BCUT2D eigenvalue weighted by Gasteiger charge is 2.18. The summed E-state index contributed by atoms with van der Waals surface area (Å²) in [5.74, 6) is 0.246. The second-order valence-corrected chi connectivity index (χ2v) is 4.93. The molecular formula is C15H14N4O2. The van der Waals surface area contributed by atoms with Crippen molar-refractivity contribution in [2.75, 3.05) is 5.32 Å². The fourth-order valence-electron chi connectivity index (χ4n) is 2.12. The van der Waals surface area contributed by atoms with Gasteiger partial charge in [-0.05, 0) is 38.5 Å². The molecule has 1 amide bonds. The monoisotopic (exact) mass is 282 g/mol. The van der Waals surface area contributed by atoms with Crippen LogP contribution in [0.5, 0.6) is 0 Å². The molecule has 3 aromatic heterocycles. The molecule has 0 fully saturated rings. The van der Waals surface area contributed by atoms with Gasteiger partial charge in [0.25, 0.3) is 11.6 Å². The summed E-state index contributed by atoms with van der Waals surface area (Å²) >= 11 is 0. The number of hydrogen-bond donors (Lipinski definition) is 1. The zero-order valence-corrected chi connectivity index (χ0v) is 12.0. The van der Waals surface area contributed by atoms with E-state index in [0.29, 0.717) is 33.9 Å². The third kappa shape index (κ3) is 2.47. The zero-order chi connectivity index (χ0) is 15.0. The number of carbonyl (C=O) groups is 1. The molecule has 0 aromatic carbocycles. The van der Waals surface area contributed by atoms with Crippen molar-refractivity contribution in [3.8, 4) is 0 Å². The molecule has 0 atom stereocenters. The van der Waals surface area contributed by atoms with E-state index in [2.05, 4.69) is 20.4 Å². The Bertz CT molecular complexity index is 822. The van der Waals surface area contributed by atoms with Gasteiger partial charge in [0.1, 0.15) is 5.82 Å². The fraction of sp³-hybridized carbons (Fsp3) is 0.200. The summed E-state index contributed by atoms with van der Waals surface area (Å²) in [5, 5.41) is 7.27. The quantitative estimate of drug-likeness (QED) is 0.781. The molecule has 6 nitrogen and oxygen atoms in total. The van der Waals surface area contributed by atoms with E-state index in [9.17, 15) is 4.79 Å². The third-order valence-electron chi connectivity index (χ3n) is 3.14. The van der Waals surface area contributed by atoms with Gasteiger partial charge in [0.05, 0.1) is 16.6 Å². The molecule has 0 bridgehead atoms. The van der Waals surface area contributed by atoms with Crippen LogP contribution < -0.4 is 5.32 Å². The Kier molecular flexibility index (Phi) is 3.13. The molecule has 0 saturated heterocycles. The van der Waals surface area contributed by atoms with Crippen molar-refractivity contribution in [2.45, 2.75) is 20.8 Å². The zero-order valence-electron chi connectivity index (χ0n) is 12.0. The number of pyridine rings is 2. The van der Waals surface area contributed by atoms with Gasteiger partial charge in [0, 0.05) is 11.9 Å². The smallest absolute Gasteiger partial charge is 0.258 e. The number of anilines is 1. The highest BCUT2D eigenvalue weighted by molar-refractivity contribution is 6.12. The van der Waals surface area contributed by atoms with E-state index in [4.69, 9.17) is 4.52 Å². The van der Waals surface area contributed by atoms with E-state index in [1.165, 1.54) is 0 Å². The molecule has 0 aliphatic heterocycles. The maximum Gasteiger partial charge on any atom is 0.258 e. The lowest BCUT2D eigenvalue weighted by molar-refractivity contribution is 0.102. The molecule has 0 aliphatic rings. The molecular weight excluding hydrogens is 268 g/mol. The van der Waals surface area contributed by atoms with Crippen molar-refractivity contribution in [2.24, 2.45) is 0 Å². The van der Waals surface area contributed by atoms with Crippen LogP contribution >= 0.6 is 0 Å². The Labute approximate surface area is 121 Å². The number of rotatable bonds is 2. The minimum absolute atomic E-state index is 0.256. The average Bonchev–Trinajstić information content (AvgIpc) is 2.82. The number of amides is 1. The normalized spacial score (nSPS) is 10.8. The van der Waals surface area contributed by atoms with Crippen LogP contribution in [0.4, 0.5) is 5.82 Å². The summed E-state index contributed by atoms with van der Waals surface area (Å²) in [4.78, 5) is 20.9. The summed E-state index contributed by atoms with van der Waals surface area (Å²) < 4.78 is 5.13. The van der Waals surface area contributed by atoms with Crippen molar-refractivity contribution in [1.82, 2.24) is 15.1 Å². The van der Waals surface area contributed by atoms with Gasteiger partial charge in [-0.3, -0.25) is 4.79 Å². The highest BCUT2D eigenvalue weighted by Crippen LogP contribution is 2.22. The maximum atomic E-state index is 12.5. The first-order chi connectivity index (χ1) is 10.0. The van der Waals surface area contributed by atoms with E-state index in [-0.39, 0.29) is 5.91 Å². The number of nitrogens with one attached hydrogen (secondary N) is 1. The van der Waals surface area contributed by atoms with Crippen LogP contribution in [0.1, 0.15) is 27.3 Å². The van der Waals surface area contributed by atoms with Crippen molar-refractivity contribution in [1.29, 1.82) is 0 Å². The molecule has 3 aromatic rings. The Morgan fingerprint density at radius 3 is 2.76 bits per heavy atom. The first kappa shape index (κ1) is 13.2. The Balaban J connectivity index is 2.01. The number of aromatic nitrogens is 3. The summed E-state index contributed by atoms with van der Waals surface area (Å²) in [6.45, 7) is 5.52. The predicted molar refractivity (Wildman–Crippen MR) is 78.2 cm³/mol. The topological polar surface area (TPSA) is 80.9 Å². The van der Waals surface area contributed by atoms with E-state index in [1.807, 2.05) is 13.0 Å². The predicted octanol–water partition coefficient (Wildman–Crippen LogP) is 2.80. The van der Waals surface area contributed by atoms with Gasteiger partial charge in [-0.15, -0.1) is 0 Å². The molecule has 106 valence electrons. The van der Waals surface area contributed by atoms with Gasteiger partial charge in [-0.2, -0.15) is 0 Å². The molecule has 3 rings (SSSR count). The molecule has 0 aliphatic carbocycles. The second kappa shape index (κ2) is 4.97. The van der Waals surface area contributed by atoms with E-state index >= 15 is 0 Å². The SMILES string of the molecule is Cc1ccc(NC(=O)c2cc(C)nc3onc(C)c23)nc1. The lowest BCUT2D eigenvalue weighted by atomic mass is 10.1. The summed E-state index contributed by atoms with van der Waals surface area (Å²) in [7, 11) is 0. The first-order valence-corrected chi connectivity index (χ1v) is 6.52. The van der Waals surface area contributed by atoms with Gasteiger partial charge < -0.3 is 9.84 Å². The number of hydrogen-bond acceptors (Lipinski definition) is 5. The molecule has 6 heteroatoms. The average molecular weight is 282 g/mol. The van der Waals surface area contributed by atoms with Gasteiger partial charge in [0.15, 0.2) is 0 Å². The summed E-state index contributed by atoms with van der Waals surface area (Å²) in [6.07, 6.45) is 1.70. The number of aryl methyl sites for hydroxylation is 3. The number of nitrogens with zero attached hydrogens (tertiary/aromatic N) is 3.